The predicted octanol–water partition coefficient (Wildman–Crippen LogP) is 2.38. The number of ether oxygens (including phenoxy) is 1. The lowest BCUT2D eigenvalue weighted by Gasteiger charge is -2.34. The Balaban J connectivity index is 2.04. The SMILES string of the molecule is CC(C)OC[C@@]12CC[C@@H](C)N1C[C@@H](F)C2. The Bertz CT molecular complexity index is 234. The Hall–Kier alpha value is -0.150. The van der Waals surface area contributed by atoms with E-state index in [-0.39, 0.29) is 11.6 Å². The van der Waals surface area contributed by atoms with Crippen LogP contribution in [0.1, 0.15) is 40.0 Å². The summed E-state index contributed by atoms with van der Waals surface area (Å²) in [6.45, 7) is 7.61. The minimum absolute atomic E-state index is 0.0170. The lowest BCUT2D eigenvalue weighted by Crippen LogP contribution is -2.45. The molecule has 3 atom stereocenters. The van der Waals surface area contributed by atoms with Gasteiger partial charge in [-0.3, -0.25) is 4.90 Å². The summed E-state index contributed by atoms with van der Waals surface area (Å²) in [6, 6.07) is 0.529. The fraction of sp³-hybridized carbons (Fsp3) is 1.00. The lowest BCUT2D eigenvalue weighted by molar-refractivity contribution is -0.00371. The summed E-state index contributed by atoms with van der Waals surface area (Å²) in [5, 5.41) is 0. The Kier molecular flexibility index (Phi) is 3.04. The molecule has 0 amide bonds. The second-order valence-corrected chi connectivity index (χ2v) is 5.43. The van der Waals surface area contributed by atoms with Crippen LogP contribution in [0.2, 0.25) is 0 Å². The molecule has 0 aromatic heterocycles. The van der Waals surface area contributed by atoms with Crippen molar-refractivity contribution in [2.24, 2.45) is 0 Å². The van der Waals surface area contributed by atoms with E-state index in [2.05, 4.69) is 11.8 Å². The first-order valence-corrected chi connectivity index (χ1v) is 6.06. The van der Waals surface area contributed by atoms with Gasteiger partial charge in [-0.05, 0) is 33.6 Å². The molecule has 2 fully saturated rings. The first kappa shape index (κ1) is 11.3. The quantitative estimate of drug-likeness (QED) is 0.716. The van der Waals surface area contributed by atoms with Gasteiger partial charge in [0.05, 0.1) is 12.7 Å². The van der Waals surface area contributed by atoms with E-state index < -0.39 is 6.17 Å². The van der Waals surface area contributed by atoms with Gasteiger partial charge in [0.2, 0.25) is 0 Å². The molecule has 0 saturated carbocycles. The first-order chi connectivity index (χ1) is 7.03. The van der Waals surface area contributed by atoms with Crippen molar-refractivity contribution in [1.29, 1.82) is 0 Å². The Labute approximate surface area is 91.8 Å². The molecule has 0 spiro atoms. The minimum atomic E-state index is -0.650. The molecule has 0 aliphatic carbocycles. The maximum atomic E-state index is 13.5. The number of hydrogen-bond acceptors (Lipinski definition) is 2. The van der Waals surface area contributed by atoms with E-state index in [1.165, 1.54) is 6.42 Å². The fourth-order valence-corrected chi connectivity index (χ4v) is 3.06. The number of halogens is 1. The molecule has 2 aliphatic rings. The molecule has 3 heteroatoms. The zero-order valence-electron chi connectivity index (χ0n) is 10.0. The molecule has 0 bridgehead atoms. The second-order valence-electron chi connectivity index (χ2n) is 5.43. The number of hydrogen-bond donors (Lipinski definition) is 0. The summed E-state index contributed by atoms with van der Waals surface area (Å²) in [5.74, 6) is 0. The van der Waals surface area contributed by atoms with Crippen LogP contribution in [0.15, 0.2) is 0 Å². The molecule has 0 aromatic rings. The highest BCUT2D eigenvalue weighted by Gasteiger charge is 2.51. The van der Waals surface area contributed by atoms with Crippen LogP contribution in [0.25, 0.3) is 0 Å². The molecular formula is C12H22FNO. The Morgan fingerprint density at radius 2 is 2.27 bits per heavy atom. The van der Waals surface area contributed by atoms with Gasteiger partial charge in [0.1, 0.15) is 6.17 Å². The van der Waals surface area contributed by atoms with Crippen LogP contribution in [0.3, 0.4) is 0 Å². The number of nitrogens with zero attached hydrogens (tertiary/aromatic N) is 1. The van der Waals surface area contributed by atoms with Crippen LogP contribution in [-0.4, -0.2) is 41.9 Å². The molecule has 2 nitrogen and oxygen atoms in total. The largest absolute Gasteiger partial charge is 0.377 e. The third-order valence-electron chi connectivity index (χ3n) is 3.85. The molecule has 88 valence electrons. The van der Waals surface area contributed by atoms with Crippen molar-refractivity contribution in [1.82, 2.24) is 4.90 Å². The van der Waals surface area contributed by atoms with E-state index in [9.17, 15) is 4.39 Å². The lowest BCUT2D eigenvalue weighted by atomic mass is 9.94. The molecular weight excluding hydrogens is 193 g/mol. The van der Waals surface area contributed by atoms with Crippen molar-refractivity contribution in [3.05, 3.63) is 0 Å². The first-order valence-electron chi connectivity index (χ1n) is 6.06. The molecule has 0 aromatic carbocycles. The summed E-state index contributed by atoms with van der Waals surface area (Å²) in [5.41, 5.74) is 0.0170. The van der Waals surface area contributed by atoms with Crippen LogP contribution in [0.4, 0.5) is 4.39 Å². The van der Waals surface area contributed by atoms with Gasteiger partial charge in [0.25, 0.3) is 0 Å². The van der Waals surface area contributed by atoms with Crippen molar-refractivity contribution >= 4 is 0 Å². The molecule has 0 unspecified atom stereocenters. The fourth-order valence-electron chi connectivity index (χ4n) is 3.06. The second kappa shape index (κ2) is 4.02. The highest BCUT2D eigenvalue weighted by Crippen LogP contribution is 2.43. The molecule has 2 rings (SSSR count). The topological polar surface area (TPSA) is 12.5 Å². The zero-order valence-corrected chi connectivity index (χ0v) is 10.0. The molecule has 15 heavy (non-hydrogen) atoms. The van der Waals surface area contributed by atoms with E-state index in [1.807, 2.05) is 13.8 Å². The van der Waals surface area contributed by atoms with E-state index in [1.54, 1.807) is 0 Å². The molecule has 2 heterocycles. The van der Waals surface area contributed by atoms with E-state index in [4.69, 9.17) is 4.74 Å². The third-order valence-corrected chi connectivity index (χ3v) is 3.85. The highest BCUT2D eigenvalue weighted by molar-refractivity contribution is 5.06. The van der Waals surface area contributed by atoms with Crippen molar-refractivity contribution < 1.29 is 9.13 Å². The van der Waals surface area contributed by atoms with Gasteiger partial charge >= 0.3 is 0 Å². The minimum Gasteiger partial charge on any atom is -0.377 e. The van der Waals surface area contributed by atoms with Crippen molar-refractivity contribution in [2.75, 3.05) is 13.2 Å². The monoisotopic (exact) mass is 215 g/mol. The number of fused-ring (bicyclic) bond motifs is 1. The normalized spacial score (nSPS) is 41.4. The average Bonchev–Trinajstić information content (AvgIpc) is 2.62. The van der Waals surface area contributed by atoms with Gasteiger partial charge in [-0.1, -0.05) is 0 Å². The summed E-state index contributed by atoms with van der Waals surface area (Å²) >= 11 is 0. The Morgan fingerprint density at radius 1 is 1.53 bits per heavy atom. The predicted molar refractivity (Wildman–Crippen MR) is 58.7 cm³/mol. The molecule has 2 aliphatic heterocycles. The van der Waals surface area contributed by atoms with Crippen LogP contribution < -0.4 is 0 Å². The standard InChI is InChI=1S/C12H22FNO/c1-9(2)15-8-12-5-4-10(3)14(12)7-11(13)6-12/h9-11H,4-8H2,1-3H3/t10-,11+,12+/m1/s1. The van der Waals surface area contributed by atoms with E-state index >= 15 is 0 Å². The van der Waals surface area contributed by atoms with Gasteiger partial charge < -0.3 is 4.74 Å². The van der Waals surface area contributed by atoms with Gasteiger partial charge in [-0.25, -0.2) is 4.39 Å². The third kappa shape index (κ3) is 2.04. The summed E-state index contributed by atoms with van der Waals surface area (Å²) in [6.07, 6.45) is 2.55. The maximum absolute atomic E-state index is 13.5. The van der Waals surface area contributed by atoms with Gasteiger partial charge in [0, 0.05) is 24.5 Å². The van der Waals surface area contributed by atoms with Gasteiger partial charge in [-0.15, -0.1) is 0 Å². The maximum Gasteiger partial charge on any atom is 0.115 e. The van der Waals surface area contributed by atoms with Crippen molar-refractivity contribution in [2.45, 2.75) is 63.9 Å². The van der Waals surface area contributed by atoms with Crippen LogP contribution in [0.5, 0.6) is 0 Å². The van der Waals surface area contributed by atoms with Gasteiger partial charge in [-0.2, -0.15) is 0 Å². The summed E-state index contributed by atoms with van der Waals surface area (Å²) in [7, 11) is 0. The summed E-state index contributed by atoms with van der Waals surface area (Å²) in [4.78, 5) is 2.33. The van der Waals surface area contributed by atoms with E-state index in [0.717, 1.165) is 6.42 Å². The summed E-state index contributed by atoms with van der Waals surface area (Å²) < 4.78 is 19.2. The Morgan fingerprint density at radius 3 is 2.93 bits per heavy atom. The zero-order chi connectivity index (χ0) is 11.1. The molecule has 2 saturated heterocycles. The van der Waals surface area contributed by atoms with Crippen LogP contribution in [0, 0.1) is 0 Å². The van der Waals surface area contributed by atoms with E-state index in [0.29, 0.717) is 25.6 Å². The van der Waals surface area contributed by atoms with Crippen LogP contribution >= 0.6 is 0 Å². The molecule has 0 radical (unpaired) electrons. The molecule has 0 N–H and O–H groups in total. The van der Waals surface area contributed by atoms with Crippen LogP contribution in [-0.2, 0) is 4.74 Å². The smallest absolute Gasteiger partial charge is 0.115 e. The van der Waals surface area contributed by atoms with Crippen molar-refractivity contribution in [3.63, 3.8) is 0 Å². The number of rotatable bonds is 3. The highest BCUT2D eigenvalue weighted by atomic mass is 19.1. The number of alkyl halides is 1. The average molecular weight is 215 g/mol. The van der Waals surface area contributed by atoms with Gasteiger partial charge in [0.15, 0.2) is 0 Å². The van der Waals surface area contributed by atoms with Crippen molar-refractivity contribution in [3.8, 4) is 0 Å².